The topological polar surface area (TPSA) is 106 Å². The number of aliphatic hydroxyl groups excluding tert-OH is 1. The molecule has 3 aromatic carbocycles. The third-order valence-electron chi connectivity index (χ3n) is 6.26. The molecule has 192 valence electrons. The number of carbonyl (C=O) groups excluding carboxylic acids is 2. The molecule has 1 amide bonds. The van der Waals surface area contributed by atoms with Gasteiger partial charge >= 0.3 is 0 Å². The molecule has 1 saturated heterocycles. The van der Waals surface area contributed by atoms with E-state index in [0.717, 1.165) is 5.56 Å². The molecule has 1 atom stereocenters. The summed E-state index contributed by atoms with van der Waals surface area (Å²) >= 11 is 6.12. The van der Waals surface area contributed by atoms with Crippen LogP contribution in [0.1, 0.15) is 22.7 Å². The highest BCUT2D eigenvalue weighted by molar-refractivity contribution is 6.46. The first-order valence-corrected chi connectivity index (χ1v) is 11.8. The summed E-state index contributed by atoms with van der Waals surface area (Å²) in [5, 5.41) is 21.4. The molecule has 0 spiro atoms. The van der Waals surface area contributed by atoms with Gasteiger partial charge in [0.15, 0.2) is 11.5 Å². The Hall–Kier alpha value is -4.17. The SMILES string of the molecule is COc1cc(/C(O)=C2/C(=O)C(=O)N(CCc3ccc(OC)c(OC)c3)C2c2ccc(O)cc2)ccc1Cl. The van der Waals surface area contributed by atoms with E-state index in [0.29, 0.717) is 34.3 Å². The third kappa shape index (κ3) is 5.06. The molecule has 37 heavy (non-hydrogen) atoms. The zero-order valence-electron chi connectivity index (χ0n) is 20.5. The van der Waals surface area contributed by atoms with Crippen molar-refractivity contribution in [2.75, 3.05) is 27.9 Å². The van der Waals surface area contributed by atoms with Crippen molar-refractivity contribution in [2.24, 2.45) is 0 Å². The number of amides is 1. The Morgan fingerprint density at radius 3 is 2.22 bits per heavy atom. The van der Waals surface area contributed by atoms with E-state index in [2.05, 4.69) is 0 Å². The van der Waals surface area contributed by atoms with Crippen molar-refractivity contribution in [3.8, 4) is 23.0 Å². The van der Waals surface area contributed by atoms with Gasteiger partial charge in [-0.3, -0.25) is 9.59 Å². The molecule has 3 aromatic rings. The fourth-order valence-electron chi connectivity index (χ4n) is 4.36. The average Bonchev–Trinajstić information content (AvgIpc) is 3.16. The first-order chi connectivity index (χ1) is 17.8. The number of hydrogen-bond acceptors (Lipinski definition) is 7. The number of ether oxygens (including phenoxy) is 3. The van der Waals surface area contributed by atoms with Gasteiger partial charge in [0.2, 0.25) is 0 Å². The number of ketones is 1. The van der Waals surface area contributed by atoms with Crippen LogP contribution >= 0.6 is 11.6 Å². The van der Waals surface area contributed by atoms with Crippen LogP contribution in [-0.4, -0.2) is 54.7 Å². The number of aromatic hydroxyl groups is 1. The predicted molar refractivity (Wildman–Crippen MR) is 138 cm³/mol. The second-order valence-electron chi connectivity index (χ2n) is 8.37. The van der Waals surface area contributed by atoms with E-state index in [4.69, 9.17) is 25.8 Å². The van der Waals surface area contributed by atoms with Gasteiger partial charge in [-0.1, -0.05) is 29.8 Å². The molecule has 1 aliphatic heterocycles. The molecule has 8 nitrogen and oxygen atoms in total. The number of phenolic OH excluding ortho intramolecular Hbond substituents is 1. The van der Waals surface area contributed by atoms with Crippen LogP contribution in [-0.2, 0) is 16.0 Å². The smallest absolute Gasteiger partial charge is 0.295 e. The molecule has 0 bridgehead atoms. The van der Waals surface area contributed by atoms with Gasteiger partial charge in [-0.2, -0.15) is 0 Å². The monoisotopic (exact) mass is 523 g/mol. The minimum Gasteiger partial charge on any atom is -0.508 e. The molecule has 0 saturated carbocycles. The number of likely N-dealkylation sites (tertiary alicyclic amines) is 1. The lowest BCUT2D eigenvalue weighted by Gasteiger charge is -2.25. The summed E-state index contributed by atoms with van der Waals surface area (Å²) in [6.45, 7) is 0.187. The lowest BCUT2D eigenvalue weighted by molar-refractivity contribution is -0.139. The van der Waals surface area contributed by atoms with E-state index >= 15 is 0 Å². The van der Waals surface area contributed by atoms with E-state index in [9.17, 15) is 19.8 Å². The number of rotatable bonds is 8. The predicted octanol–water partition coefficient (Wildman–Crippen LogP) is 4.74. The lowest BCUT2D eigenvalue weighted by Crippen LogP contribution is -2.31. The molecule has 0 radical (unpaired) electrons. The first-order valence-electron chi connectivity index (χ1n) is 11.4. The third-order valence-corrected chi connectivity index (χ3v) is 6.57. The van der Waals surface area contributed by atoms with Crippen LogP contribution in [0.4, 0.5) is 0 Å². The number of benzene rings is 3. The van der Waals surface area contributed by atoms with Crippen molar-refractivity contribution >= 4 is 29.1 Å². The maximum Gasteiger partial charge on any atom is 0.295 e. The van der Waals surface area contributed by atoms with E-state index in [-0.39, 0.29) is 29.2 Å². The summed E-state index contributed by atoms with van der Waals surface area (Å²) in [5.74, 6) is -0.413. The second kappa shape index (κ2) is 10.8. The number of halogens is 1. The molecule has 0 aliphatic carbocycles. The van der Waals surface area contributed by atoms with Gasteiger partial charge in [0.1, 0.15) is 17.3 Å². The Kier molecular flexibility index (Phi) is 7.59. The largest absolute Gasteiger partial charge is 0.508 e. The van der Waals surface area contributed by atoms with Crippen molar-refractivity contribution in [3.05, 3.63) is 87.9 Å². The van der Waals surface area contributed by atoms with Crippen LogP contribution in [0.5, 0.6) is 23.0 Å². The molecule has 4 rings (SSSR count). The van der Waals surface area contributed by atoms with Gasteiger partial charge in [0.05, 0.1) is 38.0 Å². The fourth-order valence-corrected chi connectivity index (χ4v) is 4.56. The van der Waals surface area contributed by atoms with Gasteiger partial charge < -0.3 is 29.3 Å². The summed E-state index contributed by atoms with van der Waals surface area (Å²) in [6, 6.07) is 15.3. The average molecular weight is 524 g/mol. The molecule has 1 unspecified atom stereocenters. The van der Waals surface area contributed by atoms with Gasteiger partial charge in [-0.05, 0) is 60.0 Å². The van der Waals surface area contributed by atoms with E-state index < -0.39 is 17.7 Å². The molecule has 2 N–H and O–H groups in total. The van der Waals surface area contributed by atoms with Crippen LogP contribution in [0, 0.1) is 0 Å². The molecule has 1 heterocycles. The van der Waals surface area contributed by atoms with Gasteiger partial charge in [-0.15, -0.1) is 0 Å². The summed E-state index contributed by atoms with van der Waals surface area (Å²) in [7, 11) is 4.52. The van der Waals surface area contributed by atoms with E-state index in [1.165, 1.54) is 43.4 Å². The Labute approximate surface area is 219 Å². The zero-order chi connectivity index (χ0) is 26.7. The lowest BCUT2D eigenvalue weighted by atomic mass is 9.95. The zero-order valence-corrected chi connectivity index (χ0v) is 21.3. The van der Waals surface area contributed by atoms with Crippen LogP contribution in [0.25, 0.3) is 5.76 Å². The Morgan fingerprint density at radius 1 is 0.892 bits per heavy atom. The van der Waals surface area contributed by atoms with Crippen molar-refractivity contribution in [2.45, 2.75) is 12.5 Å². The van der Waals surface area contributed by atoms with E-state index in [1.54, 1.807) is 31.4 Å². The maximum atomic E-state index is 13.2. The van der Waals surface area contributed by atoms with Gasteiger partial charge in [-0.25, -0.2) is 0 Å². The van der Waals surface area contributed by atoms with Gasteiger partial charge in [0.25, 0.3) is 11.7 Å². The number of nitrogens with zero attached hydrogens (tertiary/aromatic N) is 1. The molecule has 1 fully saturated rings. The minimum absolute atomic E-state index is 0.0356. The number of Topliss-reactive ketones (excluding diaryl/α,β-unsaturated/α-hetero) is 1. The van der Waals surface area contributed by atoms with Crippen molar-refractivity contribution in [1.29, 1.82) is 0 Å². The highest BCUT2D eigenvalue weighted by Gasteiger charge is 2.45. The second-order valence-corrected chi connectivity index (χ2v) is 8.78. The van der Waals surface area contributed by atoms with E-state index in [1.807, 2.05) is 12.1 Å². The summed E-state index contributed by atoms with van der Waals surface area (Å²) in [4.78, 5) is 27.9. The number of carbonyl (C=O) groups is 2. The maximum absolute atomic E-state index is 13.2. The number of methoxy groups -OCH3 is 3. The minimum atomic E-state index is -0.873. The van der Waals surface area contributed by atoms with Crippen LogP contribution in [0.2, 0.25) is 5.02 Å². The standard InChI is InChI=1S/C28H26ClNO7/c1-35-21-11-4-16(14-23(21)37-3)12-13-30-25(17-5-8-19(31)9-6-17)24(27(33)28(30)34)26(32)18-7-10-20(29)22(15-18)36-2/h4-11,14-15,25,31-32H,12-13H2,1-3H3/b26-24-. The molecule has 1 aliphatic rings. The Morgan fingerprint density at radius 2 is 1.57 bits per heavy atom. The highest BCUT2D eigenvalue weighted by Crippen LogP contribution is 2.41. The van der Waals surface area contributed by atoms with Crippen molar-refractivity contribution < 1.29 is 34.0 Å². The summed E-state index contributed by atoms with van der Waals surface area (Å²) in [6.07, 6.45) is 0.413. The quantitative estimate of drug-likeness (QED) is 0.250. The highest BCUT2D eigenvalue weighted by atomic mass is 35.5. The Bertz CT molecular complexity index is 1370. The van der Waals surface area contributed by atoms with Crippen LogP contribution < -0.4 is 14.2 Å². The van der Waals surface area contributed by atoms with Crippen LogP contribution in [0.3, 0.4) is 0 Å². The fraction of sp³-hybridized carbons (Fsp3) is 0.214. The van der Waals surface area contributed by atoms with Crippen molar-refractivity contribution in [3.63, 3.8) is 0 Å². The molecule has 9 heteroatoms. The van der Waals surface area contributed by atoms with Crippen molar-refractivity contribution in [1.82, 2.24) is 4.90 Å². The Balaban J connectivity index is 1.76. The molecular weight excluding hydrogens is 498 g/mol. The molecule has 0 aromatic heterocycles. The summed E-state index contributed by atoms with van der Waals surface area (Å²) in [5.41, 5.74) is 1.65. The number of aliphatic hydroxyl groups is 1. The van der Waals surface area contributed by atoms with Crippen LogP contribution in [0.15, 0.2) is 66.2 Å². The number of phenols is 1. The summed E-state index contributed by atoms with van der Waals surface area (Å²) < 4.78 is 15.9. The first kappa shape index (κ1) is 25.9. The molecular formula is C28H26ClNO7. The normalized spacial score (nSPS) is 16.6. The number of hydrogen-bond donors (Lipinski definition) is 2. The van der Waals surface area contributed by atoms with Gasteiger partial charge in [0, 0.05) is 12.1 Å².